The molecule has 0 amide bonds. The summed E-state index contributed by atoms with van der Waals surface area (Å²) >= 11 is 1.74. The van der Waals surface area contributed by atoms with E-state index >= 15 is 0 Å². The van der Waals surface area contributed by atoms with Crippen molar-refractivity contribution in [3.63, 3.8) is 0 Å². The van der Waals surface area contributed by atoms with Gasteiger partial charge in [0, 0.05) is 42.9 Å². The standard InChI is InChI=1S/C17H21N3O2S/c1-13-10-23-16(19-13)8-20-11-17(12-20)14(4-6-22-17)9-21-15-3-2-5-18-7-15/h2-3,5,7,10,14H,4,6,8-9,11-12H2,1H3/t14-/m1/s1. The largest absolute Gasteiger partial charge is 0.492 e. The third-order valence-electron chi connectivity index (χ3n) is 4.69. The van der Waals surface area contributed by atoms with Gasteiger partial charge in [-0.3, -0.25) is 9.88 Å². The van der Waals surface area contributed by atoms with Crippen LogP contribution in [0.3, 0.4) is 0 Å². The van der Waals surface area contributed by atoms with E-state index < -0.39 is 0 Å². The maximum absolute atomic E-state index is 6.10. The van der Waals surface area contributed by atoms with Gasteiger partial charge in [-0.2, -0.15) is 0 Å². The molecule has 0 unspecified atom stereocenters. The fourth-order valence-corrected chi connectivity index (χ4v) is 4.30. The molecule has 122 valence electrons. The quantitative estimate of drug-likeness (QED) is 0.842. The van der Waals surface area contributed by atoms with Crippen LogP contribution in [0.1, 0.15) is 17.1 Å². The highest BCUT2D eigenvalue weighted by Gasteiger charge is 2.53. The number of aryl methyl sites for hydroxylation is 1. The lowest BCUT2D eigenvalue weighted by Gasteiger charge is -2.50. The van der Waals surface area contributed by atoms with Crippen molar-refractivity contribution in [1.29, 1.82) is 0 Å². The Balaban J connectivity index is 1.32. The van der Waals surface area contributed by atoms with Crippen LogP contribution in [-0.4, -0.2) is 46.8 Å². The Morgan fingerprint density at radius 1 is 1.48 bits per heavy atom. The van der Waals surface area contributed by atoms with Gasteiger partial charge in [0.05, 0.1) is 24.9 Å². The van der Waals surface area contributed by atoms with Gasteiger partial charge in [-0.25, -0.2) is 4.98 Å². The van der Waals surface area contributed by atoms with E-state index in [-0.39, 0.29) is 5.60 Å². The Hall–Kier alpha value is -1.50. The highest BCUT2D eigenvalue weighted by molar-refractivity contribution is 7.09. The van der Waals surface area contributed by atoms with Gasteiger partial charge < -0.3 is 9.47 Å². The topological polar surface area (TPSA) is 47.5 Å². The molecule has 0 N–H and O–H groups in total. The first-order valence-electron chi connectivity index (χ1n) is 8.04. The zero-order valence-electron chi connectivity index (χ0n) is 13.3. The Kier molecular flexibility index (Phi) is 4.05. The molecule has 1 atom stereocenters. The summed E-state index contributed by atoms with van der Waals surface area (Å²) in [6.07, 6.45) is 4.60. The van der Waals surface area contributed by atoms with Crippen LogP contribution >= 0.6 is 11.3 Å². The summed E-state index contributed by atoms with van der Waals surface area (Å²) in [5, 5.41) is 3.31. The number of pyridine rings is 1. The van der Waals surface area contributed by atoms with Crippen molar-refractivity contribution >= 4 is 11.3 Å². The fourth-order valence-electron chi connectivity index (χ4n) is 3.49. The van der Waals surface area contributed by atoms with Crippen LogP contribution in [0.5, 0.6) is 5.75 Å². The van der Waals surface area contributed by atoms with Gasteiger partial charge in [0.2, 0.25) is 0 Å². The van der Waals surface area contributed by atoms with Crippen molar-refractivity contribution in [2.75, 3.05) is 26.3 Å². The summed E-state index contributed by atoms with van der Waals surface area (Å²) in [5.74, 6) is 1.29. The van der Waals surface area contributed by atoms with E-state index in [0.29, 0.717) is 12.5 Å². The molecular formula is C17H21N3O2S. The highest BCUT2D eigenvalue weighted by Crippen LogP contribution is 2.40. The second-order valence-corrected chi connectivity index (χ2v) is 7.37. The molecule has 0 aromatic carbocycles. The van der Waals surface area contributed by atoms with E-state index in [1.807, 2.05) is 19.1 Å². The van der Waals surface area contributed by atoms with E-state index in [4.69, 9.17) is 9.47 Å². The molecule has 4 rings (SSSR count). The van der Waals surface area contributed by atoms with Gasteiger partial charge in [0.15, 0.2) is 0 Å². The zero-order chi connectivity index (χ0) is 15.7. The normalized spacial score (nSPS) is 23.1. The summed E-state index contributed by atoms with van der Waals surface area (Å²) in [5.41, 5.74) is 1.09. The fraction of sp³-hybridized carbons (Fsp3) is 0.529. The number of nitrogens with zero attached hydrogens (tertiary/aromatic N) is 3. The third kappa shape index (κ3) is 3.11. The molecule has 0 bridgehead atoms. The SMILES string of the molecule is Cc1csc(CN2CC3(C2)OCC[C@@H]3COc2cccnc2)n1. The lowest BCUT2D eigenvalue weighted by atomic mass is 9.81. The lowest BCUT2D eigenvalue weighted by Crippen LogP contribution is -2.64. The minimum Gasteiger partial charge on any atom is -0.492 e. The maximum Gasteiger partial charge on any atom is 0.137 e. The number of likely N-dealkylation sites (tertiary alicyclic amines) is 1. The van der Waals surface area contributed by atoms with Gasteiger partial charge in [-0.15, -0.1) is 11.3 Å². The zero-order valence-corrected chi connectivity index (χ0v) is 14.1. The average molecular weight is 331 g/mol. The molecule has 0 aliphatic carbocycles. The predicted octanol–water partition coefficient (Wildman–Crippen LogP) is 2.52. The van der Waals surface area contributed by atoms with Crippen molar-refractivity contribution in [2.24, 2.45) is 5.92 Å². The van der Waals surface area contributed by atoms with E-state index in [1.54, 1.807) is 23.7 Å². The molecule has 6 heteroatoms. The predicted molar refractivity (Wildman–Crippen MR) is 88.7 cm³/mol. The van der Waals surface area contributed by atoms with Crippen molar-refractivity contribution in [3.05, 3.63) is 40.6 Å². The number of ether oxygens (including phenoxy) is 2. The van der Waals surface area contributed by atoms with E-state index in [9.17, 15) is 0 Å². The van der Waals surface area contributed by atoms with Crippen LogP contribution in [0, 0.1) is 12.8 Å². The molecule has 0 radical (unpaired) electrons. The van der Waals surface area contributed by atoms with E-state index in [1.165, 1.54) is 5.01 Å². The number of thiazole rings is 1. The Bertz CT molecular complexity index is 655. The van der Waals surface area contributed by atoms with Crippen molar-refractivity contribution in [3.8, 4) is 5.75 Å². The summed E-state index contributed by atoms with van der Waals surface area (Å²) in [4.78, 5) is 11.1. The molecule has 0 saturated carbocycles. The molecule has 1 spiro atoms. The van der Waals surface area contributed by atoms with Crippen LogP contribution in [0.25, 0.3) is 0 Å². The van der Waals surface area contributed by atoms with Gasteiger partial charge in [-0.1, -0.05) is 0 Å². The van der Waals surface area contributed by atoms with Crippen molar-refractivity contribution in [2.45, 2.75) is 25.5 Å². The summed E-state index contributed by atoms with van der Waals surface area (Å²) in [6, 6.07) is 3.85. The Morgan fingerprint density at radius 3 is 3.13 bits per heavy atom. The van der Waals surface area contributed by atoms with Gasteiger partial charge in [0.25, 0.3) is 0 Å². The average Bonchev–Trinajstić information content (AvgIpc) is 3.12. The van der Waals surface area contributed by atoms with Crippen LogP contribution in [0.15, 0.2) is 29.9 Å². The van der Waals surface area contributed by atoms with Crippen LogP contribution in [0.4, 0.5) is 0 Å². The highest BCUT2D eigenvalue weighted by atomic mass is 32.1. The maximum atomic E-state index is 6.10. The second kappa shape index (κ2) is 6.19. The van der Waals surface area contributed by atoms with Crippen LogP contribution in [0.2, 0.25) is 0 Å². The number of hydrogen-bond donors (Lipinski definition) is 0. The first-order valence-corrected chi connectivity index (χ1v) is 8.92. The smallest absolute Gasteiger partial charge is 0.137 e. The summed E-state index contributed by atoms with van der Waals surface area (Å²) < 4.78 is 12.0. The van der Waals surface area contributed by atoms with Crippen molar-refractivity contribution < 1.29 is 9.47 Å². The van der Waals surface area contributed by atoms with Gasteiger partial charge in [-0.05, 0) is 25.5 Å². The third-order valence-corrected chi connectivity index (χ3v) is 5.64. The molecule has 2 fully saturated rings. The molecule has 2 aliphatic heterocycles. The Labute approximate surface area is 140 Å². The van der Waals surface area contributed by atoms with Crippen LogP contribution in [-0.2, 0) is 11.3 Å². The molecular weight excluding hydrogens is 310 g/mol. The minimum absolute atomic E-state index is 0.0193. The molecule has 2 saturated heterocycles. The molecule has 23 heavy (non-hydrogen) atoms. The monoisotopic (exact) mass is 331 g/mol. The van der Waals surface area contributed by atoms with E-state index in [0.717, 1.165) is 44.1 Å². The molecule has 4 heterocycles. The van der Waals surface area contributed by atoms with E-state index in [2.05, 4.69) is 20.2 Å². The number of aromatic nitrogens is 2. The second-order valence-electron chi connectivity index (χ2n) is 6.43. The van der Waals surface area contributed by atoms with Crippen molar-refractivity contribution in [1.82, 2.24) is 14.9 Å². The summed E-state index contributed by atoms with van der Waals surface area (Å²) in [6.45, 7) is 6.48. The van der Waals surface area contributed by atoms with Gasteiger partial charge >= 0.3 is 0 Å². The molecule has 2 aromatic rings. The molecule has 2 aliphatic rings. The van der Waals surface area contributed by atoms with Crippen LogP contribution < -0.4 is 4.74 Å². The minimum atomic E-state index is -0.0193. The van der Waals surface area contributed by atoms with Gasteiger partial charge in [0.1, 0.15) is 10.8 Å². The molecule has 5 nitrogen and oxygen atoms in total. The number of rotatable bonds is 5. The first kappa shape index (κ1) is 15.1. The Morgan fingerprint density at radius 2 is 2.39 bits per heavy atom. The number of hydrogen-bond acceptors (Lipinski definition) is 6. The first-order chi connectivity index (χ1) is 11.2. The lowest BCUT2D eigenvalue weighted by molar-refractivity contribution is -0.140. The summed E-state index contributed by atoms with van der Waals surface area (Å²) in [7, 11) is 0. The molecule has 2 aromatic heterocycles.